The summed E-state index contributed by atoms with van der Waals surface area (Å²) in [6.07, 6.45) is 10.4. The van der Waals surface area contributed by atoms with Crippen molar-refractivity contribution >= 4 is 27.7 Å². The van der Waals surface area contributed by atoms with E-state index in [9.17, 15) is 0 Å². The molecule has 0 amide bonds. The summed E-state index contributed by atoms with van der Waals surface area (Å²) in [5.41, 5.74) is 10.4. The summed E-state index contributed by atoms with van der Waals surface area (Å²) in [5, 5.41) is 0. The minimum Gasteiger partial charge on any atom is -0.356 e. The lowest BCUT2D eigenvalue weighted by atomic mass is 9.95. The van der Waals surface area contributed by atoms with Crippen molar-refractivity contribution in [2.75, 3.05) is 18.6 Å². The van der Waals surface area contributed by atoms with Crippen LogP contribution in [0, 0.1) is 5.92 Å². The van der Waals surface area contributed by atoms with Crippen LogP contribution in [0.5, 0.6) is 0 Å². The summed E-state index contributed by atoms with van der Waals surface area (Å²) < 4.78 is 10.7. The third kappa shape index (κ3) is 4.05. The molecule has 7 heteroatoms. The molecule has 0 bridgehead atoms. The third-order valence-electron chi connectivity index (χ3n) is 6.38. The second-order valence-electron chi connectivity index (χ2n) is 9.44. The average molecular weight is 417 g/mol. The molecule has 1 aliphatic carbocycles. The van der Waals surface area contributed by atoms with Gasteiger partial charge in [-0.2, -0.15) is 0 Å². The van der Waals surface area contributed by atoms with Gasteiger partial charge < -0.3 is 15.0 Å². The number of rotatable bonds is 6. The first kappa shape index (κ1) is 20.7. The minimum atomic E-state index is 0.284. The number of nitrogens with two attached hydrogens (primary N) is 1. The maximum Gasteiger partial charge on any atom is 0.159 e. The highest BCUT2D eigenvalue weighted by atomic mass is 32.2. The van der Waals surface area contributed by atoms with Crippen molar-refractivity contribution in [3.8, 4) is 0 Å². The fraction of sp³-hybridized carbons (Fsp3) is 0.636. The molecule has 3 aromatic rings. The molecule has 2 N–H and O–H groups in total. The van der Waals surface area contributed by atoms with Crippen molar-refractivity contribution in [1.82, 2.24) is 18.9 Å². The Hall–Kier alpha value is -1.57. The molecule has 0 radical (unpaired) electrons. The number of hydrogen-bond acceptors (Lipinski definition) is 4. The zero-order valence-electron chi connectivity index (χ0n) is 18.3. The Bertz CT molecular complexity index is 988. The predicted octanol–water partition coefficient (Wildman–Crippen LogP) is 3.55. The maximum atomic E-state index is 6.24. The molecular formula is C22H34N5OS+. The molecule has 0 spiro atoms. The molecule has 4 unspecified atom stereocenters. The van der Waals surface area contributed by atoms with Crippen LogP contribution in [0.25, 0.3) is 16.8 Å². The van der Waals surface area contributed by atoms with Crippen LogP contribution in [0.1, 0.15) is 52.1 Å². The molecule has 29 heavy (non-hydrogen) atoms. The number of nitrogens with zero attached hydrogens (tertiary/aromatic N) is 4. The van der Waals surface area contributed by atoms with Crippen LogP contribution in [0.15, 0.2) is 24.7 Å². The van der Waals surface area contributed by atoms with Gasteiger partial charge >= 0.3 is 0 Å². The first-order valence-corrected chi connectivity index (χ1v) is 12.3. The fourth-order valence-corrected chi connectivity index (χ4v) is 5.33. The number of aromatic nitrogens is 4. The molecule has 0 saturated heterocycles. The Balaban J connectivity index is 1.54. The first-order valence-electron chi connectivity index (χ1n) is 10.5. The van der Waals surface area contributed by atoms with Gasteiger partial charge in [0.25, 0.3) is 0 Å². The van der Waals surface area contributed by atoms with E-state index < -0.39 is 0 Å². The van der Waals surface area contributed by atoms with Gasteiger partial charge in [-0.05, 0) is 56.5 Å². The highest BCUT2D eigenvalue weighted by molar-refractivity contribution is 7.97. The SMILES string of the molecule is CC1CC(N)CC1c1cnc2cnc3c(ccn3COCC[S+](C)C(C)(C)C)n12. The molecule has 1 saturated carbocycles. The number of fused-ring (bicyclic) bond motifs is 3. The van der Waals surface area contributed by atoms with Gasteiger partial charge in [0.15, 0.2) is 11.3 Å². The minimum absolute atomic E-state index is 0.284. The number of imidazole rings is 1. The average Bonchev–Trinajstić information content (AvgIpc) is 3.33. The smallest absolute Gasteiger partial charge is 0.159 e. The van der Waals surface area contributed by atoms with Crippen LogP contribution in [-0.2, 0) is 22.4 Å². The van der Waals surface area contributed by atoms with E-state index in [4.69, 9.17) is 10.5 Å². The Kier molecular flexibility index (Phi) is 5.66. The predicted molar refractivity (Wildman–Crippen MR) is 121 cm³/mol. The first-order chi connectivity index (χ1) is 13.8. The van der Waals surface area contributed by atoms with E-state index in [0.29, 0.717) is 34.2 Å². The van der Waals surface area contributed by atoms with Crippen molar-refractivity contribution in [2.24, 2.45) is 11.7 Å². The van der Waals surface area contributed by atoms with E-state index in [2.05, 4.69) is 65.1 Å². The fourth-order valence-electron chi connectivity index (χ4n) is 4.35. The molecule has 0 aromatic carbocycles. The zero-order chi connectivity index (χ0) is 20.8. The molecule has 6 nitrogen and oxygen atoms in total. The Labute approximate surface area is 176 Å². The lowest BCUT2D eigenvalue weighted by Gasteiger charge is -2.18. The van der Waals surface area contributed by atoms with Gasteiger partial charge in [0.05, 0.1) is 24.6 Å². The molecule has 4 atom stereocenters. The number of hydrogen-bond donors (Lipinski definition) is 1. The summed E-state index contributed by atoms with van der Waals surface area (Å²) in [6.45, 7) is 10.5. The van der Waals surface area contributed by atoms with E-state index in [1.54, 1.807) is 0 Å². The van der Waals surface area contributed by atoms with Gasteiger partial charge in [0.2, 0.25) is 0 Å². The molecule has 3 heterocycles. The van der Waals surface area contributed by atoms with Gasteiger partial charge in [-0.15, -0.1) is 0 Å². The molecule has 1 fully saturated rings. The lowest BCUT2D eigenvalue weighted by Crippen LogP contribution is -2.31. The summed E-state index contributed by atoms with van der Waals surface area (Å²) >= 11 is 0. The van der Waals surface area contributed by atoms with Crippen LogP contribution in [0.2, 0.25) is 0 Å². The van der Waals surface area contributed by atoms with Crippen molar-refractivity contribution in [3.05, 3.63) is 30.4 Å². The van der Waals surface area contributed by atoms with Gasteiger partial charge in [-0.1, -0.05) is 6.92 Å². The Morgan fingerprint density at radius 3 is 2.72 bits per heavy atom. The largest absolute Gasteiger partial charge is 0.356 e. The van der Waals surface area contributed by atoms with E-state index >= 15 is 0 Å². The Morgan fingerprint density at radius 1 is 1.24 bits per heavy atom. The maximum absolute atomic E-state index is 6.24. The zero-order valence-corrected chi connectivity index (χ0v) is 19.1. The number of ether oxygens (including phenoxy) is 1. The van der Waals surface area contributed by atoms with Gasteiger partial charge in [0.1, 0.15) is 17.2 Å². The van der Waals surface area contributed by atoms with Crippen molar-refractivity contribution in [2.45, 2.75) is 64.0 Å². The monoisotopic (exact) mass is 416 g/mol. The topological polar surface area (TPSA) is 70.4 Å². The third-order valence-corrected chi connectivity index (χ3v) is 9.25. The molecule has 3 aromatic heterocycles. The molecule has 1 aliphatic rings. The second kappa shape index (κ2) is 7.93. The highest BCUT2D eigenvalue weighted by Gasteiger charge is 2.33. The standard InChI is InChI=1S/C22H34N5OS/c1-15-10-16(23)11-17(15)19-12-24-20-13-25-21-18(27(19)20)6-7-26(21)14-28-8-9-29(5)22(2,3)4/h6-7,12-13,15-17H,8-11,14,23H2,1-5H3/q+1. The Morgan fingerprint density at radius 2 is 2.03 bits per heavy atom. The van der Waals surface area contributed by atoms with E-state index in [1.807, 2.05) is 12.4 Å². The van der Waals surface area contributed by atoms with E-state index in [1.165, 1.54) is 5.69 Å². The summed E-state index contributed by atoms with van der Waals surface area (Å²) in [6, 6.07) is 2.41. The lowest BCUT2D eigenvalue weighted by molar-refractivity contribution is 0.0922. The van der Waals surface area contributed by atoms with Gasteiger partial charge in [0, 0.05) is 30.0 Å². The van der Waals surface area contributed by atoms with Crippen LogP contribution in [0.4, 0.5) is 0 Å². The van der Waals surface area contributed by atoms with Crippen LogP contribution in [0.3, 0.4) is 0 Å². The molecule has 158 valence electrons. The van der Waals surface area contributed by atoms with Crippen LogP contribution >= 0.6 is 0 Å². The van der Waals surface area contributed by atoms with Gasteiger partial charge in [-0.3, -0.25) is 4.40 Å². The van der Waals surface area contributed by atoms with Crippen molar-refractivity contribution in [1.29, 1.82) is 0 Å². The van der Waals surface area contributed by atoms with E-state index in [-0.39, 0.29) is 6.04 Å². The van der Waals surface area contributed by atoms with Crippen LogP contribution in [-0.4, -0.2) is 48.3 Å². The summed E-state index contributed by atoms with van der Waals surface area (Å²) in [5.74, 6) is 2.11. The molecule has 0 aliphatic heterocycles. The normalized spacial score (nSPS) is 24.0. The quantitative estimate of drug-likeness (QED) is 0.493. The molecule has 4 rings (SSSR count). The van der Waals surface area contributed by atoms with E-state index in [0.717, 1.165) is 42.0 Å². The summed E-state index contributed by atoms with van der Waals surface area (Å²) in [7, 11) is 0.340. The summed E-state index contributed by atoms with van der Waals surface area (Å²) in [4.78, 5) is 9.29. The second-order valence-corrected chi connectivity index (χ2v) is 12.3. The van der Waals surface area contributed by atoms with Crippen LogP contribution < -0.4 is 5.73 Å². The van der Waals surface area contributed by atoms with Crippen molar-refractivity contribution in [3.63, 3.8) is 0 Å². The molecular weight excluding hydrogens is 382 g/mol. The van der Waals surface area contributed by atoms with Crippen molar-refractivity contribution < 1.29 is 4.74 Å². The highest BCUT2D eigenvalue weighted by Crippen LogP contribution is 2.39. The van der Waals surface area contributed by atoms with Gasteiger partial charge in [-0.25, -0.2) is 9.97 Å².